The highest BCUT2D eigenvalue weighted by molar-refractivity contribution is 7.09. The highest BCUT2D eigenvalue weighted by Crippen LogP contribution is 2.31. The maximum absolute atomic E-state index is 12.7. The molecule has 0 saturated carbocycles. The summed E-state index contributed by atoms with van der Waals surface area (Å²) < 4.78 is 0. The van der Waals surface area contributed by atoms with Crippen LogP contribution in [0.5, 0.6) is 0 Å². The topological polar surface area (TPSA) is 62.3 Å². The second-order valence-corrected chi connectivity index (χ2v) is 7.74. The largest absolute Gasteiger partial charge is 0.356 e. The van der Waals surface area contributed by atoms with Gasteiger partial charge in [-0.2, -0.15) is 0 Å². The number of nitrogens with one attached hydrogen (secondary N) is 1. The van der Waals surface area contributed by atoms with Crippen molar-refractivity contribution in [2.45, 2.75) is 39.0 Å². The maximum Gasteiger partial charge on any atom is 0.253 e. The summed E-state index contributed by atoms with van der Waals surface area (Å²) in [6.45, 7) is 5.71. The average molecular weight is 372 g/mol. The quantitative estimate of drug-likeness (QED) is 0.878. The van der Waals surface area contributed by atoms with Crippen molar-refractivity contribution in [3.63, 3.8) is 0 Å². The van der Waals surface area contributed by atoms with Crippen molar-refractivity contribution >= 4 is 23.2 Å². The van der Waals surface area contributed by atoms with Gasteiger partial charge in [0.1, 0.15) is 0 Å². The molecule has 0 aliphatic carbocycles. The van der Waals surface area contributed by atoms with E-state index in [9.17, 15) is 9.59 Å². The van der Waals surface area contributed by atoms with Gasteiger partial charge in [0, 0.05) is 49.8 Å². The van der Waals surface area contributed by atoms with Crippen molar-refractivity contribution in [1.29, 1.82) is 0 Å². The molecule has 1 aliphatic heterocycles. The Bertz CT molecular complexity index is 779. The molecule has 0 atom stereocenters. The van der Waals surface area contributed by atoms with Gasteiger partial charge in [0.25, 0.3) is 5.91 Å². The minimum absolute atomic E-state index is 0.00824. The van der Waals surface area contributed by atoms with E-state index in [0.717, 1.165) is 54.2 Å². The molecule has 138 valence electrons. The third-order valence-electron chi connectivity index (χ3n) is 4.72. The van der Waals surface area contributed by atoms with Crippen molar-refractivity contribution in [3.8, 4) is 0 Å². The van der Waals surface area contributed by atoms with Crippen LogP contribution >= 0.6 is 11.3 Å². The number of carbonyl (C=O) groups excluding carboxylic acids is 2. The Morgan fingerprint density at radius 3 is 2.77 bits per heavy atom. The lowest BCUT2D eigenvalue weighted by molar-refractivity contribution is -0.118. The van der Waals surface area contributed by atoms with E-state index in [-0.39, 0.29) is 11.8 Å². The van der Waals surface area contributed by atoms with Crippen molar-refractivity contribution in [1.82, 2.24) is 15.2 Å². The van der Waals surface area contributed by atoms with Crippen molar-refractivity contribution < 1.29 is 9.59 Å². The molecule has 2 aromatic rings. The molecule has 2 amide bonds. The molecule has 6 heteroatoms. The molecule has 1 aromatic carbocycles. The molecule has 2 heterocycles. The van der Waals surface area contributed by atoms with Crippen LogP contribution < -0.4 is 5.32 Å². The summed E-state index contributed by atoms with van der Waals surface area (Å²) in [5, 5.41) is 6.04. The second kappa shape index (κ2) is 8.45. The van der Waals surface area contributed by atoms with Gasteiger partial charge in [-0.3, -0.25) is 9.59 Å². The lowest BCUT2D eigenvalue weighted by Gasteiger charge is -2.31. The van der Waals surface area contributed by atoms with Crippen LogP contribution in [0.2, 0.25) is 0 Å². The fraction of sp³-hybridized carbons (Fsp3) is 0.450. The Labute approximate surface area is 158 Å². The van der Waals surface area contributed by atoms with E-state index < -0.39 is 0 Å². The highest BCUT2D eigenvalue weighted by Gasteiger charge is 2.26. The number of piperidine rings is 1. The molecule has 0 spiro atoms. The average Bonchev–Trinajstić information content (AvgIpc) is 3.10. The number of nitrogens with zero attached hydrogens (tertiary/aromatic N) is 2. The minimum atomic E-state index is -0.00824. The molecule has 1 saturated heterocycles. The third-order valence-corrected chi connectivity index (χ3v) is 5.78. The summed E-state index contributed by atoms with van der Waals surface area (Å²) in [5.74, 6) is 0.546. The fourth-order valence-corrected chi connectivity index (χ4v) is 4.31. The summed E-state index contributed by atoms with van der Waals surface area (Å²) in [4.78, 5) is 30.3. The van der Waals surface area contributed by atoms with Crippen LogP contribution in [0.15, 0.2) is 29.6 Å². The lowest BCUT2D eigenvalue weighted by atomic mass is 9.97. The van der Waals surface area contributed by atoms with E-state index in [1.807, 2.05) is 36.1 Å². The van der Waals surface area contributed by atoms with Gasteiger partial charge in [-0.25, -0.2) is 4.98 Å². The van der Waals surface area contributed by atoms with Gasteiger partial charge in [-0.05, 0) is 31.9 Å². The summed E-state index contributed by atoms with van der Waals surface area (Å²) >= 11 is 1.70. The highest BCUT2D eigenvalue weighted by atomic mass is 32.1. The predicted molar refractivity (Wildman–Crippen MR) is 104 cm³/mol. The Hall–Kier alpha value is -2.21. The molecule has 0 unspecified atom stereocenters. The maximum atomic E-state index is 12.7. The number of likely N-dealkylation sites (tertiary alicyclic amines) is 1. The minimum Gasteiger partial charge on any atom is -0.356 e. The molecule has 1 aromatic heterocycles. The van der Waals surface area contributed by atoms with Gasteiger partial charge in [0.15, 0.2) is 0 Å². The first-order valence-corrected chi connectivity index (χ1v) is 9.95. The van der Waals surface area contributed by atoms with E-state index in [1.54, 1.807) is 11.3 Å². The Morgan fingerprint density at radius 2 is 2.08 bits per heavy atom. The van der Waals surface area contributed by atoms with E-state index in [4.69, 9.17) is 4.98 Å². The lowest BCUT2D eigenvalue weighted by Crippen LogP contribution is -2.37. The smallest absolute Gasteiger partial charge is 0.253 e. The Balaban J connectivity index is 1.53. The van der Waals surface area contributed by atoms with Crippen molar-refractivity contribution in [3.05, 3.63) is 51.5 Å². The number of hydrogen-bond acceptors (Lipinski definition) is 4. The molecular weight excluding hydrogens is 346 g/mol. The summed E-state index contributed by atoms with van der Waals surface area (Å²) in [6, 6.07) is 7.79. The number of amides is 2. The second-order valence-electron chi connectivity index (χ2n) is 6.85. The number of aromatic nitrogens is 1. The number of benzene rings is 1. The van der Waals surface area contributed by atoms with Gasteiger partial charge in [-0.15, -0.1) is 11.3 Å². The first-order chi connectivity index (χ1) is 12.5. The number of hydrogen-bond donors (Lipinski definition) is 1. The van der Waals surface area contributed by atoms with Crippen LogP contribution in [0.25, 0.3) is 0 Å². The molecule has 1 fully saturated rings. The van der Waals surface area contributed by atoms with Gasteiger partial charge in [0.05, 0.1) is 10.7 Å². The van der Waals surface area contributed by atoms with Gasteiger partial charge < -0.3 is 10.2 Å². The summed E-state index contributed by atoms with van der Waals surface area (Å²) in [5.41, 5.74) is 2.93. The molecule has 0 radical (unpaired) electrons. The molecule has 5 nitrogen and oxygen atoms in total. The van der Waals surface area contributed by atoms with Crippen LogP contribution in [0.3, 0.4) is 0 Å². The zero-order valence-corrected chi connectivity index (χ0v) is 16.1. The Kier molecular flexibility index (Phi) is 6.04. The van der Waals surface area contributed by atoms with Crippen LogP contribution in [-0.4, -0.2) is 41.3 Å². The number of aryl methyl sites for hydroxylation is 1. The van der Waals surface area contributed by atoms with E-state index in [2.05, 4.69) is 10.7 Å². The van der Waals surface area contributed by atoms with Crippen LogP contribution in [0, 0.1) is 6.92 Å². The zero-order valence-electron chi connectivity index (χ0n) is 15.3. The van der Waals surface area contributed by atoms with Crippen LogP contribution in [0.4, 0.5) is 0 Å². The monoisotopic (exact) mass is 371 g/mol. The SMILES string of the molecule is CC(=O)NCCc1csc(C2CCN(C(=O)c3cccc(C)c3)CC2)n1. The summed E-state index contributed by atoms with van der Waals surface area (Å²) in [6.07, 6.45) is 2.67. The van der Waals surface area contributed by atoms with E-state index in [0.29, 0.717) is 12.5 Å². The van der Waals surface area contributed by atoms with E-state index >= 15 is 0 Å². The fourth-order valence-electron chi connectivity index (χ4n) is 3.28. The molecule has 3 rings (SSSR count). The predicted octanol–water partition coefficient (Wildman–Crippen LogP) is 3.15. The van der Waals surface area contributed by atoms with Crippen LogP contribution in [-0.2, 0) is 11.2 Å². The van der Waals surface area contributed by atoms with Gasteiger partial charge >= 0.3 is 0 Å². The summed E-state index contributed by atoms with van der Waals surface area (Å²) in [7, 11) is 0. The van der Waals surface area contributed by atoms with Crippen LogP contribution in [0.1, 0.15) is 52.3 Å². The zero-order chi connectivity index (χ0) is 18.5. The van der Waals surface area contributed by atoms with Crippen molar-refractivity contribution in [2.75, 3.05) is 19.6 Å². The van der Waals surface area contributed by atoms with Gasteiger partial charge in [-0.1, -0.05) is 17.7 Å². The molecule has 1 N–H and O–H groups in total. The molecule has 1 aliphatic rings. The normalized spacial score (nSPS) is 15.1. The van der Waals surface area contributed by atoms with Crippen molar-refractivity contribution in [2.24, 2.45) is 0 Å². The van der Waals surface area contributed by atoms with E-state index in [1.165, 1.54) is 6.92 Å². The standard InChI is InChI=1S/C20H25N3O2S/c1-14-4-3-5-17(12-14)20(25)23-10-7-16(8-11-23)19-22-18(13-26-19)6-9-21-15(2)24/h3-5,12-13,16H,6-11H2,1-2H3,(H,21,24). The third kappa shape index (κ3) is 4.69. The first-order valence-electron chi connectivity index (χ1n) is 9.07. The molecule has 26 heavy (non-hydrogen) atoms. The number of thiazole rings is 1. The number of carbonyl (C=O) groups is 2. The molecule has 0 bridgehead atoms. The first kappa shape index (κ1) is 18.6. The molecular formula is C20H25N3O2S. The van der Waals surface area contributed by atoms with Gasteiger partial charge in [0.2, 0.25) is 5.91 Å². The number of rotatable bonds is 5. The Morgan fingerprint density at radius 1 is 1.31 bits per heavy atom.